The zero-order valence-electron chi connectivity index (χ0n) is 21.7. The summed E-state index contributed by atoms with van der Waals surface area (Å²) in [7, 11) is 3.90. The normalized spacial score (nSPS) is 14.9. The number of pyridine rings is 1. The molecular formula is C29H32FN5O3. The number of hydrogen-bond donors (Lipinski definition) is 1. The Kier molecular flexibility index (Phi) is 7.83. The molecule has 1 saturated heterocycles. The number of aromatic nitrogens is 2. The lowest BCUT2D eigenvalue weighted by Gasteiger charge is -2.28. The van der Waals surface area contributed by atoms with E-state index in [1.165, 1.54) is 4.57 Å². The van der Waals surface area contributed by atoms with E-state index in [0.717, 1.165) is 53.5 Å². The van der Waals surface area contributed by atoms with Gasteiger partial charge in [0.25, 0.3) is 0 Å². The van der Waals surface area contributed by atoms with E-state index in [9.17, 15) is 9.18 Å². The molecule has 0 unspecified atom stereocenters. The Morgan fingerprint density at radius 3 is 2.82 bits per heavy atom. The van der Waals surface area contributed by atoms with Gasteiger partial charge < -0.3 is 19.7 Å². The first kappa shape index (κ1) is 25.7. The van der Waals surface area contributed by atoms with Crippen molar-refractivity contribution in [3.05, 3.63) is 60.4 Å². The topological polar surface area (TPSA) is 81.0 Å². The first-order valence-electron chi connectivity index (χ1n) is 12.8. The molecule has 0 bridgehead atoms. The average Bonchev–Trinajstić information content (AvgIpc) is 3.35. The number of benzene rings is 2. The molecule has 1 aliphatic rings. The van der Waals surface area contributed by atoms with Crippen LogP contribution in [0.15, 0.2) is 59.9 Å². The Hall–Kier alpha value is -3.98. The predicted octanol–water partition coefficient (Wildman–Crippen LogP) is 5.28. The van der Waals surface area contributed by atoms with E-state index in [1.807, 2.05) is 36.4 Å². The molecule has 0 aliphatic carbocycles. The van der Waals surface area contributed by atoms with Gasteiger partial charge in [-0.25, -0.2) is 9.18 Å². The summed E-state index contributed by atoms with van der Waals surface area (Å²) in [4.78, 5) is 23.4. The van der Waals surface area contributed by atoms with Crippen molar-refractivity contribution < 1.29 is 18.7 Å². The molecule has 8 nitrogen and oxygen atoms in total. The molecular weight excluding hydrogens is 485 g/mol. The number of fused-ring (bicyclic) bond motifs is 2. The molecule has 2 aromatic carbocycles. The molecule has 0 spiro atoms. The fourth-order valence-corrected chi connectivity index (χ4v) is 4.78. The highest BCUT2D eigenvalue weighted by molar-refractivity contribution is 5.95. The SMILES string of the molecule is CN=Cc1cc2c(Oc3ccc4c(ccn4C(=O)NCCF)c3)ccnc2cc1OCC1CCN(C)CC1. The summed E-state index contributed by atoms with van der Waals surface area (Å²) in [6, 6.07) is 12.7. The molecule has 198 valence electrons. The third kappa shape index (κ3) is 5.62. The van der Waals surface area contributed by atoms with Gasteiger partial charge in [0, 0.05) is 54.6 Å². The lowest BCUT2D eigenvalue weighted by atomic mass is 9.98. The number of alkyl halides is 1. The number of nitrogens with zero attached hydrogens (tertiary/aromatic N) is 4. The van der Waals surface area contributed by atoms with Gasteiger partial charge in [0.15, 0.2) is 0 Å². The number of piperidine rings is 1. The highest BCUT2D eigenvalue weighted by Gasteiger charge is 2.18. The number of likely N-dealkylation sites (tertiary alicyclic amines) is 1. The van der Waals surface area contributed by atoms with Crippen molar-refractivity contribution in [1.29, 1.82) is 0 Å². The number of amides is 1. The van der Waals surface area contributed by atoms with Crippen molar-refractivity contribution in [2.75, 3.05) is 47.0 Å². The van der Waals surface area contributed by atoms with Gasteiger partial charge in [-0.1, -0.05) is 0 Å². The van der Waals surface area contributed by atoms with Crippen LogP contribution in [0.3, 0.4) is 0 Å². The summed E-state index contributed by atoms with van der Waals surface area (Å²) in [6.45, 7) is 2.23. The van der Waals surface area contributed by atoms with Crippen LogP contribution in [0.2, 0.25) is 0 Å². The smallest absolute Gasteiger partial charge is 0.326 e. The van der Waals surface area contributed by atoms with E-state index >= 15 is 0 Å². The second-order valence-corrected chi connectivity index (χ2v) is 9.59. The fourth-order valence-electron chi connectivity index (χ4n) is 4.78. The van der Waals surface area contributed by atoms with Crippen LogP contribution >= 0.6 is 0 Å². The van der Waals surface area contributed by atoms with Crippen molar-refractivity contribution in [2.45, 2.75) is 12.8 Å². The highest BCUT2D eigenvalue weighted by Crippen LogP contribution is 2.34. The molecule has 1 amide bonds. The third-order valence-corrected chi connectivity index (χ3v) is 6.89. The number of carbonyl (C=O) groups excluding carboxylic acids is 1. The van der Waals surface area contributed by atoms with Crippen LogP contribution in [0.4, 0.5) is 9.18 Å². The number of rotatable bonds is 8. The maximum Gasteiger partial charge on any atom is 0.326 e. The van der Waals surface area contributed by atoms with E-state index in [1.54, 1.807) is 31.7 Å². The molecule has 9 heteroatoms. The first-order chi connectivity index (χ1) is 18.6. The Balaban J connectivity index is 1.39. The maximum atomic E-state index is 12.4. The van der Waals surface area contributed by atoms with E-state index in [4.69, 9.17) is 9.47 Å². The van der Waals surface area contributed by atoms with Crippen LogP contribution in [0.5, 0.6) is 17.2 Å². The van der Waals surface area contributed by atoms with Gasteiger partial charge in [0.05, 0.1) is 17.6 Å². The number of hydrogen-bond acceptors (Lipinski definition) is 6. The first-order valence-corrected chi connectivity index (χ1v) is 12.8. The van der Waals surface area contributed by atoms with Gasteiger partial charge in [-0.05, 0) is 75.3 Å². The van der Waals surface area contributed by atoms with Crippen molar-refractivity contribution in [1.82, 2.24) is 19.8 Å². The molecule has 4 aromatic rings. The highest BCUT2D eigenvalue weighted by atomic mass is 19.1. The van der Waals surface area contributed by atoms with Gasteiger partial charge in [-0.2, -0.15) is 0 Å². The molecule has 2 aromatic heterocycles. The largest absolute Gasteiger partial charge is 0.493 e. The average molecular weight is 518 g/mol. The standard InChI is InChI=1S/C29H32FN5O3/c1-31-18-22-16-24-25(17-28(22)37-19-20-6-12-34(2)13-7-20)32-10-5-27(24)38-23-3-4-26-21(15-23)8-14-35(26)29(36)33-11-9-30/h3-5,8,10,14-18,20H,6-7,9,11-13,19H2,1-2H3,(H,33,36). The zero-order valence-corrected chi connectivity index (χ0v) is 21.7. The van der Waals surface area contributed by atoms with Gasteiger partial charge in [0.2, 0.25) is 0 Å². The summed E-state index contributed by atoms with van der Waals surface area (Å²) in [5, 5.41) is 4.22. The van der Waals surface area contributed by atoms with Crippen molar-refractivity contribution in [3.8, 4) is 17.2 Å². The van der Waals surface area contributed by atoms with Gasteiger partial charge in [-0.3, -0.25) is 14.5 Å². The molecule has 3 heterocycles. The van der Waals surface area contributed by atoms with Crippen molar-refractivity contribution in [3.63, 3.8) is 0 Å². The van der Waals surface area contributed by atoms with Gasteiger partial charge in [0.1, 0.15) is 23.9 Å². The molecule has 1 N–H and O–H groups in total. The minimum Gasteiger partial charge on any atom is -0.493 e. The fraction of sp³-hybridized carbons (Fsp3) is 0.345. The third-order valence-electron chi connectivity index (χ3n) is 6.89. The molecule has 1 aliphatic heterocycles. The molecule has 1 fully saturated rings. The van der Waals surface area contributed by atoms with Crippen LogP contribution in [-0.4, -0.2) is 73.7 Å². The van der Waals surface area contributed by atoms with Crippen LogP contribution < -0.4 is 14.8 Å². The Morgan fingerprint density at radius 2 is 2.03 bits per heavy atom. The maximum absolute atomic E-state index is 12.4. The van der Waals surface area contributed by atoms with Crippen LogP contribution in [0, 0.1) is 5.92 Å². The van der Waals surface area contributed by atoms with E-state index in [-0.39, 0.29) is 12.6 Å². The van der Waals surface area contributed by atoms with Gasteiger partial charge >= 0.3 is 6.03 Å². The summed E-state index contributed by atoms with van der Waals surface area (Å²) in [6.07, 6.45) is 7.44. The second kappa shape index (κ2) is 11.6. The van der Waals surface area contributed by atoms with Gasteiger partial charge in [-0.15, -0.1) is 0 Å². The number of ether oxygens (including phenoxy) is 2. The number of carbonyl (C=O) groups is 1. The predicted molar refractivity (Wildman–Crippen MR) is 148 cm³/mol. The second-order valence-electron chi connectivity index (χ2n) is 9.59. The van der Waals surface area contributed by atoms with Crippen LogP contribution in [-0.2, 0) is 0 Å². The minimum atomic E-state index is -0.611. The molecule has 38 heavy (non-hydrogen) atoms. The van der Waals surface area contributed by atoms with Crippen LogP contribution in [0.1, 0.15) is 18.4 Å². The zero-order chi connectivity index (χ0) is 26.5. The van der Waals surface area contributed by atoms with E-state index in [0.29, 0.717) is 29.5 Å². The number of halogens is 1. The monoisotopic (exact) mass is 517 g/mol. The molecule has 0 atom stereocenters. The van der Waals surface area contributed by atoms with Crippen molar-refractivity contribution in [2.24, 2.45) is 10.9 Å². The van der Waals surface area contributed by atoms with E-state index in [2.05, 4.69) is 27.2 Å². The minimum absolute atomic E-state index is 0.0233. The lowest BCUT2D eigenvalue weighted by molar-refractivity contribution is 0.160. The molecule has 5 rings (SSSR count). The lowest BCUT2D eigenvalue weighted by Crippen LogP contribution is -2.32. The van der Waals surface area contributed by atoms with Crippen LogP contribution in [0.25, 0.3) is 21.8 Å². The molecule has 0 saturated carbocycles. The summed E-state index contributed by atoms with van der Waals surface area (Å²) in [5.41, 5.74) is 2.35. The summed E-state index contributed by atoms with van der Waals surface area (Å²) >= 11 is 0. The Bertz CT molecular complexity index is 1460. The summed E-state index contributed by atoms with van der Waals surface area (Å²) < 4.78 is 26.5. The number of nitrogens with one attached hydrogen (secondary N) is 1. The molecule has 0 radical (unpaired) electrons. The number of aliphatic imine (C=N–C) groups is 1. The Labute approximate surface area is 221 Å². The summed E-state index contributed by atoms with van der Waals surface area (Å²) in [5.74, 6) is 2.58. The quantitative estimate of drug-likeness (QED) is 0.322. The van der Waals surface area contributed by atoms with E-state index < -0.39 is 6.67 Å². The Morgan fingerprint density at radius 1 is 1.18 bits per heavy atom. The van der Waals surface area contributed by atoms with Crippen molar-refractivity contribution >= 4 is 34.1 Å².